The van der Waals surface area contributed by atoms with Gasteiger partial charge in [0.1, 0.15) is 6.10 Å². The zero-order chi connectivity index (χ0) is 55.0. The third-order valence-electron chi connectivity index (χ3n) is 12.6. The minimum Gasteiger partial charge on any atom is -0.465 e. The summed E-state index contributed by atoms with van der Waals surface area (Å²) in [7, 11) is -11.4. The summed E-state index contributed by atoms with van der Waals surface area (Å²) in [5.41, 5.74) is -0.293. The molecule has 0 radical (unpaired) electrons. The number of ether oxygens (including phenoxy) is 3. The molecule has 1 fully saturated rings. The molecular formula is C51H118O9Si8. The third-order valence-corrected chi connectivity index (χ3v) is 36.8. The molecule has 0 aromatic rings. The van der Waals surface area contributed by atoms with Crippen molar-refractivity contribution in [3.05, 3.63) is 0 Å². The van der Waals surface area contributed by atoms with E-state index in [0.29, 0.717) is 6.61 Å². The zero-order valence-corrected chi connectivity index (χ0v) is 59.2. The van der Waals surface area contributed by atoms with E-state index >= 15 is 0 Å². The first-order valence-corrected chi connectivity index (χ1v) is 53.1. The molecule has 0 amide bonds. The summed E-state index contributed by atoms with van der Waals surface area (Å²) in [5.74, 6) is -0.149. The Kier molecular flexibility index (Phi) is 30.4. The molecular weight excluding hydrogens is 981 g/mol. The maximum atomic E-state index is 12.3. The Bertz CT molecular complexity index is 1450. The van der Waals surface area contributed by atoms with Crippen LogP contribution in [0.15, 0.2) is 0 Å². The van der Waals surface area contributed by atoms with Crippen molar-refractivity contribution in [2.24, 2.45) is 16.2 Å². The Labute approximate surface area is 432 Å². The van der Waals surface area contributed by atoms with Gasteiger partial charge in [-0.25, -0.2) is 0 Å². The molecule has 1 aliphatic rings. The Balaban J connectivity index is -0.000000839. The van der Waals surface area contributed by atoms with E-state index in [9.17, 15) is 14.4 Å². The van der Waals surface area contributed by atoms with Crippen LogP contribution in [0.4, 0.5) is 0 Å². The monoisotopic (exact) mass is 1100 g/mol. The predicted molar refractivity (Wildman–Crippen MR) is 318 cm³/mol. The number of carbonyl (C=O) groups excluding carboxylic acids is 3. The molecule has 0 aromatic carbocycles. The van der Waals surface area contributed by atoms with E-state index in [2.05, 4.69) is 145 Å². The van der Waals surface area contributed by atoms with Crippen LogP contribution in [0.25, 0.3) is 0 Å². The number of hydrogen-bond acceptors (Lipinski definition) is 9. The van der Waals surface area contributed by atoms with Crippen LogP contribution in [0.5, 0.6) is 0 Å². The molecule has 1 heterocycles. The van der Waals surface area contributed by atoms with Crippen LogP contribution in [0.1, 0.15) is 108 Å². The van der Waals surface area contributed by atoms with Crippen molar-refractivity contribution in [1.29, 1.82) is 0 Å². The van der Waals surface area contributed by atoms with E-state index in [1.165, 1.54) is 6.42 Å². The van der Waals surface area contributed by atoms with E-state index in [0.717, 1.165) is 61.4 Å². The molecule has 0 aromatic heterocycles. The number of esters is 3. The van der Waals surface area contributed by atoms with E-state index < -0.39 is 66.1 Å². The van der Waals surface area contributed by atoms with Gasteiger partial charge in [-0.15, -0.1) is 0 Å². The largest absolute Gasteiger partial charge is 0.465 e. The standard InChI is InChI=1S/C15H34O2Si2.C14H32O3Si2.C13H28O3Si2.C9H24OSi2/c1-10-15(2,3)14(16)17-13(11-18(4,5)6)12-19(7,8)9;1-9-14(2,3)13(15)16-11-10-12-19(7,8)17-18(4,5)6;1-8-13(2,3)12(14)15-11-9-17(4,5)16-18(6,7)10-11;1-8-9(2)12(6,7)10-11(3,4)5/h13H,10-12H2,1-9H3;9-12H2,1-8H3;11H,8-10H2,1-7H3;9H,8H2,1-7H3. The van der Waals surface area contributed by atoms with Crippen molar-refractivity contribution in [1.82, 2.24) is 0 Å². The molecule has 1 saturated heterocycles. The molecule has 68 heavy (non-hydrogen) atoms. The maximum Gasteiger partial charge on any atom is 0.311 e. The van der Waals surface area contributed by atoms with Crippen LogP contribution in [0, 0.1) is 16.2 Å². The van der Waals surface area contributed by atoms with Crippen molar-refractivity contribution < 1.29 is 40.9 Å². The summed E-state index contributed by atoms with van der Waals surface area (Å²) in [5, 5.41) is 0. The maximum absolute atomic E-state index is 12.3. The Morgan fingerprint density at radius 1 is 0.588 bits per heavy atom. The summed E-state index contributed by atoms with van der Waals surface area (Å²) >= 11 is 0. The van der Waals surface area contributed by atoms with Gasteiger partial charge in [0.2, 0.25) is 0 Å². The SMILES string of the molecule is CCC(C)(C)C(=O)OC(C[Si](C)(C)C)C[Si](C)(C)C.CCC(C)(C)C(=O)OC1C[Si](C)(C)O[Si](C)(C)C1.CCC(C)(C)C(=O)OCCC[Si](C)(C)O[Si](C)(C)C.CCC(C)[Si](C)(C)O[Si](C)(C)C. The lowest BCUT2D eigenvalue weighted by Crippen LogP contribution is -2.54. The minimum atomic E-state index is -1.64. The Morgan fingerprint density at radius 2 is 0.956 bits per heavy atom. The van der Waals surface area contributed by atoms with Crippen LogP contribution in [-0.4, -0.2) is 103 Å². The molecule has 0 saturated carbocycles. The second kappa shape index (κ2) is 28.6. The summed E-state index contributed by atoms with van der Waals surface area (Å²) < 4.78 is 35.8. The van der Waals surface area contributed by atoms with Crippen molar-refractivity contribution in [2.45, 2.75) is 287 Å². The van der Waals surface area contributed by atoms with Crippen molar-refractivity contribution in [3.8, 4) is 0 Å². The highest BCUT2D eigenvalue weighted by atomic mass is 28.4. The second-order valence-corrected chi connectivity index (χ2v) is 66.7. The molecule has 0 bridgehead atoms. The van der Waals surface area contributed by atoms with E-state index in [1.807, 2.05) is 62.3 Å². The van der Waals surface area contributed by atoms with Gasteiger partial charge >= 0.3 is 17.9 Å². The third kappa shape index (κ3) is 35.2. The molecule has 9 nitrogen and oxygen atoms in total. The van der Waals surface area contributed by atoms with Gasteiger partial charge in [0.05, 0.1) is 29.0 Å². The highest BCUT2D eigenvalue weighted by Gasteiger charge is 2.45. The number of carbonyl (C=O) groups is 3. The molecule has 17 heteroatoms. The lowest BCUT2D eigenvalue weighted by atomic mass is 9.90. The van der Waals surface area contributed by atoms with Gasteiger partial charge in [0.15, 0.2) is 49.9 Å². The molecule has 1 rings (SSSR count). The van der Waals surface area contributed by atoms with Crippen LogP contribution >= 0.6 is 0 Å². The smallest absolute Gasteiger partial charge is 0.311 e. The molecule has 1 unspecified atom stereocenters. The number of hydrogen-bond donors (Lipinski definition) is 0. The summed E-state index contributed by atoms with van der Waals surface area (Å²) in [6.45, 7) is 68.7. The fourth-order valence-corrected chi connectivity index (χ4v) is 37.0. The predicted octanol–water partition coefficient (Wildman–Crippen LogP) is 17.0. The van der Waals surface area contributed by atoms with Crippen LogP contribution < -0.4 is 0 Å². The molecule has 1 aliphatic heterocycles. The van der Waals surface area contributed by atoms with Crippen molar-refractivity contribution in [3.63, 3.8) is 0 Å². The minimum absolute atomic E-state index is 0.0171. The summed E-state index contributed by atoms with van der Waals surface area (Å²) in [4.78, 5) is 36.3. The summed E-state index contributed by atoms with van der Waals surface area (Å²) in [6, 6.07) is 5.10. The molecule has 0 N–H and O–H groups in total. The van der Waals surface area contributed by atoms with Crippen LogP contribution in [-0.2, 0) is 40.9 Å². The van der Waals surface area contributed by atoms with Gasteiger partial charge in [-0.05, 0) is 183 Å². The lowest BCUT2D eigenvalue weighted by Gasteiger charge is -2.43. The van der Waals surface area contributed by atoms with Gasteiger partial charge in [-0.2, -0.15) is 0 Å². The van der Waals surface area contributed by atoms with E-state index in [1.54, 1.807) is 0 Å². The lowest BCUT2D eigenvalue weighted by molar-refractivity contribution is -0.159. The summed E-state index contributed by atoms with van der Waals surface area (Å²) in [6.07, 6.45) is 4.84. The first-order valence-electron chi connectivity index (χ1n) is 26.5. The van der Waals surface area contributed by atoms with Gasteiger partial charge in [0.25, 0.3) is 0 Å². The molecule has 0 spiro atoms. The molecule has 408 valence electrons. The van der Waals surface area contributed by atoms with Crippen LogP contribution in [0.3, 0.4) is 0 Å². The van der Waals surface area contributed by atoms with E-state index in [4.69, 9.17) is 26.6 Å². The van der Waals surface area contributed by atoms with Crippen molar-refractivity contribution >= 4 is 84.0 Å². The fourth-order valence-electron chi connectivity index (χ4n) is 7.78. The van der Waals surface area contributed by atoms with Crippen LogP contribution in [0.2, 0.25) is 167 Å². The normalized spacial score (nSPS) is 16.8. The first kappa shape index (κ1) is 72.3. The molecule has 0 aliphatic carbocycles. The number of rotatable bonds is 22. The zero-order valence-electron chi connectivity index (χ0n) is 51.2. The second-order valence-electron chi connectivity index (χ2n) is 28.7. The topological polar surface area (TPSA) is 107 Å². The highest BCUT2D eigenvalue weighted by Crippen LogP contribution is 2.35. The molecule has 1 atom stereocenters. The Morgan fingerprint density at radius 3 is 1.29 bits per heavy atom. The van der Waals surface area contributed by atoms with Gasteiger partial charge in [0, 0.05) is 28.2 Å². The van der Waals surface area contributed by atoms with Crippen molar-refractivity contribution in [2.75, 3.05) is 6.61 Å². The average Bonchev–Trinajstić information content (AvgIpc) is 3.08. The quantitative estimate of drug-likeness (QED) is 0.0453. The van der Waals surface area contributed by atoms with Gasteiger partial charge in [-0.1, -0.05) is 80.3 Å². The average molecular weight is 1100 g/mol. The van der Waals surface area contributed by atoms with Gasteiger partial charge in [-0.3, -0.25) is 14.4 Å². The Hall–Kier alpha value is 0.0251. The van der Waals surface area contributed by atoms with Gasteiger partial charge < -0.3 is 26.6 Å². The highest BCUT2D eigenvalue weighted by molar-refractivity contribution is 6.87. The van der Waals surface area contributed by atoms with E-state index in [-0.39, 0.29) is 46.4 Å². The first-order chi connectivity index (χ1) is 29.8. The fraction of sp³-hybridized carbons (Fsp3) is 0.941.